The highest BCUT2D eigenvalue weighted by atomic mass is 16.2. The first-order valence-electron chi connectivity index (χ1n) is 9.66. The van der Waals surface area contributed by atoms with Gasteiger partial charge in [0.2, 0.25) is 0 Å². The van der Waals surface area contributed by atoms with Crippen molar-refractivity contribution < 1.29 is 9.59 Å². The quantitative estimate of drug-likeness (QED) is 0.841. The summed E-state index contributed by atoms with van der Waals surface area (Å²) in [4.78, 5) is 31.7. The molecule has 0 N–H and O–H groups in total. The Bertz CT molecular complexity index is 661. The van der Waals surface area contributed by atoms with E-state index in [9.17, 15) is 9.59 Å². The van der Waals surface area contributed by atoms with Gasteiger partial charge in [0.15, 0.2) is 0 Å². The fourth-order valence-corrected chi connectivity index (χ4v) is 4.25. The molecule has 1 aromatic rings. The maximum atomic E-state index is 12.8. The monoisotopic (exact) mass is 341 g/mol. The van der Waals surface area contributed by atoms with Gasteiger partial charge < -0.3 is 14.7 Å². The Morgan fingerprint density at radius 2 is 1.64 bits per heavy atom. The minimum absolute atomic E-state index is 0.115. The van der Waals surface area contributed by atoms with Gasteiger partial charge in [0.05, 0.1) is 0 Å². The molecule has 0 aromatic heterocycles. The molecule has 0 spiro atoms. The summed E-state index contributed by atoms with van der Waals surface area (Å²) in [6.45, 7) is 6.61. The van der Waals surface area contributed by atoms with Crippen molar-refractivity contribution in [3.8, 4) is 0 Å². The van der Waals surface area contributed by atoms with Crippen LogP contribution in [0.25, 0.3) is 0 Å². The number of rotatable bonds is 4. The van der Waals surface area contributed by atoms with Crippen LogP contribution in [0.3, 0.4) is 0 Å². The second kappa shape index (κ2) is 7.16. The van der Waals surface area contributed by atoms with Crippen LogP contribution >= 0.6 is 0 Å². The van der Waals surface area contributed by atoms with Crippen molar-refractivity contribution in [3.05, 3.63) is 34.9 Å². The molecule has 2 saturated heterocycles. The van der Waals surface area contributed by atoms with E-state index >= 15 is 0 Å². The van der Waals surface area contributed by atoms with Crippen molar-refractivity contribution >= 4 is 11.8 Å². The zero-order valence-electron chi connectivity index (χ0n) is 14.9. The topological polar surface area (TPSA) is 43.9 Å². The van der Waals surface area contributed by atoms with E-state index in [0.717, 1.165) is 68.7 Å². The third-order valence-corrected chi connectivity index (χ3v) is 5.80. The lowest BCUT2D eigenvalue weighted by Crippen LogP contribution is -2.42. The summed E-state index contributed by atoms with van der Waals surface area (Å²) in [5.74, 6) is 0.241. The number of hydrogen-bond donors (Lipinski definition) is 0. The fourth-order valence-electron chi connectivity index (χ4n) is 4.25. The van der Waals surface area contributed by atoms with Crippen LogP contribution in [-0.4, -0.2) is 72.3 Å². The van der Waals surface area contributed by atoms with Crippen molar-refractivity contribution in [3.63, 3.8) is 0 Å². The van der Waals surface area contributed by atoms with Gasteiger partial charge in [-0.2, -0.15) is 0 Å². The molecule has 2 fully saturated rings. The number of carbonyl (C=O) groups excluding carboxylic acids is 2. The summed E-state index contributed by atoms with van der Waals surface area (Å²) in [5.41, 5.74) is 2.55. The summed E-state index contributed by atoms with van der Waals surface area (Å²) in [6.07, 6.45) is 5.61. The van der Waals surface area contributed by atoms with E-state index in [-0.39, 0.29) is 11.8 Å². The lowest BCUT2D eigenvalue weighted by molar-refractivity contribution is 0.0721. The normalized spacial score (nSPS) is 21.0. The Balaban J connectivity index is 1.43. The van der Waals surface area contributed by atoms with E-state index in [1.165, 1.54) is 25.9 Å². The number of likely N-dealkylation sites (tertiary alicyclic amines) is 2. The number of benzene rings is 1. The van der Waals surface area contributed by atoms with E-state index < -0.39 is 0 Å². The summed E-state index contributed by atoms with van der Waals surface area (Å²) < 4.78 is 0. The van der Waals surface area contributed by atoms with Gasteiger partial charge in [-0.3, -0.25) is 9.59 Å². The molecule has 3 heterocycles. The Labute approximate surface area is 149 Å². The number of hydrogen-bond acceptors (Lipinski definition) is 3. The standard InChI is InChI=1S/C20H27N3O2/c24-19(22-10-3-4-11-22)17-5-6-18-16(15-17)7-12-23(20(18)25)14-13-21-8-1-2-9-21/h5-6,15H,1-4,7-14H2. The van der Waals surface area contributed by atoms with Crippen LogP contribution < -0.4 is 0 Å². The largest absolute Gasteiger partial charge is 0.339 e. The zero-order valence-corrected chi connectivity index (χ0v) is 14.9. The zero-order chi connectivity index (χ0) is 17.2. The molecule has 3 aliphatic heterocycles. The highest BCUT2D eigenvalue weighted by molar-refractivity contribution is 6.00. The van der Waals surface area contributed by atoms with Gasteiger partial charge in [-0.15, -0.1) is 0 Å². The number of nitrogens with zero attached hydrogens (tertiary/aromatic N) is 3. The second-order valence-electron chi connectivity index (χ2n) is 7.46. The van der Waals surface area contributed by atoms with E-state index in [4.69, 9.17) is 0 Å². The maximum absolute atomic E-state index is 12.8. The van der Waals surface area contributed by atoms with E-state index in [1.54, 1.807) is 0 Å². The molecule has 25 heavy (non-hydrogen) atoms. The predicted molar refractivity (Wildman–Crippen MR) is 96.9 cm³/mol. The van der Waals surface area contributed by atoms with E-state index in [1.807, 2.05) is 28.0 Å². The number of amides is 2. The highest BCUT2D eigenvalue weighted by Crippen LogP contribution is 2.22. The van der Waals surface area contributed by atoms with Crippen molar-refractivity contribution in [2.24, 2.45) is 0 Å². The first kappa shape index (κ1) is 16.6. The average molecular weight is 341 g/mol. The average Bonchev–Trinajstić information content (AvgIpc) is 3.34. The molecule has 0 unspecified atom stereocenters. The van der Waals surface area contributed by atoms with Crippen molar-refractivity contribution in [1.29, 1.82) is 0 Å². The van der Waals surface area contributed by atoms with E-state index in [2.05, 4.69) is 4.90 Å². The fraction of sp³-hybridized carbons (Fsp3) is 0.600. The number of carbonyl (C=O) groups is 2. The van der Waals surface area contributed by atoms with Crippen LogP contribution in [0.5, 0.6) is 0 Å². The van der Waals surface area contributed by atoms with Gasteiger partial charge in [-0.05, 0) is 69.0 Å². The molecule has 134 valence electrons. The molecule has 0 aliphatic carbocycles. The van der Waals surface area contributed by atoms with Crippen LogP contribution in [0, 0.1) is 0 Å². The Morgan fingerprint density at radius 3 is 2.40 bits per heavy atom. The van der Waals surface area contributed by atoms with Crippen LogP contribution in [0.2, 0.25) is 0 Å². The van der Waals surface area contributed by atoms with Crippen molar-refractivity contribution in [2.45, 2.75) is 32.1 Å². The third kappa shape index (κ3) is 3.43. The van der Waals surface area contributed by atoms with Gasteiger partial charge in [-0.25, -0.2) is 0 Å². The Morgan fingerprint density at radius 1 is 0.920 bits per heavy atom. The van der Waals surface area contributed by atoms with Gasteiger partial charge in [0.25, 0.3) is 11.8 Å². The third-order valence-electron chi connectivity index (χ3n) is 5.80. The molecular weight excluding hydrogens is 314 g/mol. The van der Waals surface area contributed by atoms with Crippen molar-refractivity contribution in [1.82, 2.24) is 14.7 Å². The summed E-state index contributed by atoms with van der Waals surface area (Å²) in [5, 5.41) is 0. The lowest BCUT2D eigenvalue weighted by Gasteiger charge is -2.30. The Kier molecular flexibility index (Phi) is 4.75. The number of fused-ring (bicyclic) bond motifs is 1. The molecule has 3 aliphatic rings. The smallest absolute Gasteiger partial charge is 0.254 e. The SMILES string of the molecule is O=C(c1ccc2c(c1)CCN(CCN1CCCC1)C2=O)N1CCCC1. The molecule has 5 heteroatoms. The molecule has 0 atom stereocenters. The Hall–Kier alpha value is -1.88. The van der Waals surface area contributed by atoms with Crippen LogP contribution in [0.4, 0.5) is 0 Å². The van der Waals surface area contributed by atoms with Gasteiger partial charge in [-0.1, -0.05) is 0 Å². The molecule has 4 rings (SSSR count). The minimum Gasteiger partial charge on any atom is -0.339 e. The van der Waals surface area contributed by atoms with Gasteiger partial charge in [0.1, 0.15) is 0 Å². The molecule has 0 radical (unpaired) electrons. The van der Waals surface area contributed by atoms with Crippen LogP contribution in [0.1, 0.15) is 52.0 Å². The summed E-state index contributed by atoms with van der Waals surface area (Å²) in [7, 11) is 0. The van der Waals surface area contributed by atoms with Gasteiger partial charge in [0, 0.05) is 43.9 Å². The summed E-state index contributed by atoms with van der Waals surface area (Å²) in [6, 6.07) is 5.65. The van der Waals surface area contributed by atoms with Gasteiger partial charge >= 0.3 is 0 Å². The molecule has 1 aromatic carbocycles. The summed E-state index contributed by atoms with van der Waals surface area (Å²) >= 11 is 0. The van der Waals surface area contributed by atoms with Crippen LogP contribution in [-0.2, 0) is 6.42 Å². The highest BCUT2D eigenvalue weighted by Gasteiger charge is 2.27. The molecule has 0 saturated carbocycles. The first-order chi connectivity index (χ1) is 12.2. The molecule has 2 amide bonds. The minimum atomic E-state index is 0.115. The molecule has 5 nitrogen and oxygen atoms in total. The van der Waals surface area contributed by atoms with Crippen LogP contribution in [0.15, 0.2) is 18.2 Å². The van der Waals surface area contributed by atoms with Crippen molar-refractivity contribution in [2.75, 3.05) is 45.8 Å². The second-order valence-corrected chi connectivity index (χ2v) is 7.46. The predicted octanol–water partition coefficient (Wildman–Crippen LogP) is 2.02. The molecular formula is C20H27N3O2. The molecule has 0 bridgehead atoms. The lowest BCUT2D eigenvalue weighted by atomic mass is 9.96. The first-order valence-corrected chi connectivity index (χ1v) is 9.66. The van der Waals surface area contributed by atoms with E-state index in [0.29, 0.717) is 0 Å². The maximum Gasteiger partial charge on any atom is 0.254 e.